The number of aryl methyl sites for hydroxylation is 2. The van der Waals surface area contributed by atoms with E-state index in [0.717, 1.165) is 28.7 Å². The fraction of sp³-hybridized carbons (Fsp3) is 0.444. The molecule has 0 aliphatic carbocycles. The lowest BCUT2D eigenvalue weighted by atomic mass is 9.91. The van der Waals surface area contributed by atoms with Crippen molar-refractivity contribution in [2.24, 2.45) is 4.99 Å². The Morgan fingerprint density at radius 2 is 2.12 bits per heavy atom. The van der Waals surface area contributed by atoms with Crippen molar-refractivity contribution in [1.82, 2.24) is 4.90 Å². The number of rotatable bonds is 3. The van der Waals surface area contributed by atoms with Crippen molar-refractivity contribution in [3.63, 3.8) is 0 Å². The van der Waals surface area contributed by atoms with Crippen LogP contribution in [-0.2, 0) is 9.53 Å². The summed E-state index contributed by atoms with van der Waals surface area (Å²) in [5.74, 6) is 0.749. The monoisotopic (exact) mass is 410 g/mol. The van der Waals surface area contributed by atoms with Gasteiger partial charge in [-0.15, -0.1) is 17.0 Å². The molecule has 0 amide bonds. The summed E-state index contributed by atoms with van der Waals surface area (Å²) in [6.07, 6.45) is 0. The number of allylic oxidation sites excluding steroid dienone is 1. The first-order valence-corrected chi connectivity index (χ1v) is 8.94. The maximum absolute atomic E-state index is 12.6. The summed E-state index contributed by atoms with van der Waals surface area (Å²) in [4.78, 5) is 19.5. The van der Waals surface area contributed by atoms with E-state index in [9.17, 15) is 4.79 Å². The lowest BCUT2D eigenvalue weighted by molar-refractivity contribution is -0.139. The minimum Gasteiger partial charge on any atom is -0.463 e. The first-order valence-electron chi connectivity index (χ1n) is 7.96. The van der Waals surface area contributed by atoms with Crippen molar-refractivity contribution < 1.29 is 9.53 Å². The van der Waals surface area contributed by atoms with E-state index in [2.05, 4.69) is 41.9 Å². The van der Waals surface area contributed by atoms with Gasteiger partial charge in [0.15, 0.2) is 5.17 Å². The third kappa shape index (κ3) is 3.40. The largest absolute Gasteiger partial charge is 0.463 e. The van der Waals surface area contributed by atoms with Crippen molar-refractivity contribution in [1.29, 1.82) is 0 Å². The van der Waals surface area contributed by atoms with Crippen LogP contribution in [0.5, 0.6) is 0 Å². The fourth-order valence-electron chi connectivity index (χ4n) is 3.23. The van der Waals surface area contributed by atoms with Crippen molar-refractivity contribution in [3.05, 3.63) is 46.2 Å². The van der Waals surface area contributed by atoms with Gasteiger partial charge in [-0.25, -0.2) is 9.79 Å². The maximum atomic E-state index is 12.6. The van der Waals surface area contributed by atoms with Gasteiger partial charge in [0.1, 0.15) is 0 Å². The van der Waals surface area contributed by atoms with E-state index < -0.39 is 0 Å². The van der Waals surface area contributed by atoms with Crippen LogP contribution < -0.4 is 0 Å². The quantitative estimate of drug-likeness (QED) is 0.700. The van der Waals surface area contributed by atoms with E-state index in [0.29, 0.717) is 12.2 Å². The number of aliphatic imine (C=N–C) groups is 1. The van der Waals surface area contributed by atoms with Crippen molar-refractivity contribution in [3.8, 4) is 0 Å². The smallest absolute Gasteiger partial charge is 0.338 e. The Morgan fingerprint density at radius 3 is 2.79 bits per heavy atom. The van der Waals surface area contributed by atoms with Crippen LogP contribution in [0.4, 0.5) is 0 Å². The zero-order valence-electron chi connectivity index (χ0n) is 14.5. The Kier molecular flexibility index (Phi) is 6.15. The predicted molar refractivity (Wildman–Crippen MR) is 105 cm³/mol. The van der Waals surface area contributed by atoms with Crippen LogP contribution in [0.15, 0.2) is 34.5 Å². The van der Waals surface area contributed by atoms with Gasteiger partial charge >= 0.3 is 5.97 Å². The second-order valence-corrected chi connectivity index (χ2v) is 6.98. The number of amidine groups is 1. The van der Waals surface area contributed by atoms with Crippen LogP contribution in [0.25, 0.3) is 0 Å². The van der Waals surface area contributed by atoms with Gasteiger partial charge in [-0.3, -0.25) is 0 Å². The molecule has 1 aromatic rings. The summed E-state index contributed by atoms with van der Waals surface area (Å²) in [6, 6.07) is 6.31. The van der Waals surface area contributed by atoms with Crippen molar-refractivity contribution in [2.45, 2.75) is 33.7 Å². The Morgan fingerprint density at radius 1 is 1.38 bits per heavy atom. The molecule has 0 radical (unpaired) electrons. The first-order chi connectivity index (χ1) is 11.0. The minimum absolute atomic E-state index is 0. The molecule has 4 nitrogen and oxygen atoms in total. The summed E-state index contributed by atoms with van der Waals surface area (Å²) < 4.78 is 5.32. The molecule has 1 fully saturated rings. The van der Waals surface area contributed by atoms with E-state index >= 15 is 0 Å². The predicted octanol–water partition coefficient (Wildman–Crippen LogP) is 4.18. The molecular weight excluding hydrogens is 388 g/mol. The Balaban J connectivity index is 0.00000208. The number of carbonyl (C=O) groups excluding carboxylic acids is 1. The number of hydrogen-bond acceptors (Lipinski definition) is 5. The SMILES string of the molecule is Br.CCOC(=O)C1=C(C)N=C2SCCN2C1c1ccc(C)cc1C. The van der Waals surface area contributed by atoms with Crippen molar-refractivity contribution in [2.75, 3.05) is 18.9 Å². The molecule has 1 aromatic carbocycles. The minimum atomic E-state index is -0.255. The topological polar surface area (TPSA) is 41.9 Å². The maximum Gasteiger partial charge on any atom is 0.338 e. The fourth-order valence-corrected chi connectivity index (χ4v) is 4.27. The molecule has 1 saturated heterocycles. The number of benzene rings is 1. The van der Waals surface area contributed by atoms with Gasteiger partial charge in [0.25, 0.3) is 0 Å². The Hall–Kier alpha value is -1.27. The van der Waals surface area contributed by atoms with E-state index in [4.69, 9.17) is 4.74 Å². The average Bonchev–Trinajstić information content (AvgIpc) is 2.94. The molecule has 130 valence electrons. The van der Waals surface area contributed by atoms with Crippen LogP contribution in [0.3, 0.4) is 0 Å². The highest BCUT2D eigenvalue weighted by Crippen LogP contribution is 2.41. The molecule has 0 spiro atoms. The van der Waals surface area contributed by atoms with Crippen LogP contribution in [-0.4, -0.2) is 34.9 Å². The highest BCUT2D eigenvalue weighted by molar-refractivity contribution is 8.93. The Bertz CT molecular complexity index is 715. The highest BCUT2D eigenvalue weighted by Gasteiger charge is 2.39. The molecule has 2 aliphatic rings. The molecule has 0 saturated carbocycles. The van der Waals surface area contributed by atoms with Gasteiger partial charge in [-0.05, 0) is 38.8 Å². The van der Waals surface area contributed by atoms with E-state index in [1.807, 2.05) is 13.8 Å². The lowest BCUT2D eigenvalue weighted by Gasteiger charge is -2.35. The number of ether oxygens (including phenoxy) is 1. The summed E-state index contributed by atoms with van der Waals surface area (Å²) in [6.45, 7) is 9.21. The number of fused-ring (bicyclic) bond motifs is 1. The molecule has 0 bridgehead atoms. The average molecular weight is 411 g/mol. The molecule has 0 aromatic heterocycles. The lowest BCUT2D eigenvalue weighted by Crippen LogP contribution is -2.37. The summed E-state index contributed by atoms with van der Waals surface area (Å²) in [5.41, 5.74) is 5.03. The second-order valence-electron chi connectivity index (χ2n) is 5.92. The first kappa shape index (κ1) is 19.1. The standard InChI is InChI=1S/C18H22N2O2S.BrH/c1-5-22-17(21)15-13(4)19-18-20(8-9-23-18)16(15)14-7-6-11(2)10-12(14)3;/h6-7,10,16H,5,8-9H2,1-4H3;1H. The Labute approximate surface area is 158 Å². The number of hydrogen-bond donors (Lipinski definition) is 0. The molecule has 24 heavy (non-hydrogen) atoms. The highest BCUT2D eigenvalue weighted by atomic mass is 79.9. The molecule has 1 unspecified atom stereocenters. The second kappa shape index (κ2) is 7.74. The van der Waals surface area contributed by atoms with E-state index in [-0.39, 0.29) is 29.0 Å². The van der Waals surface area contributed by atoms with Crippen LogP contribution in [0.2, 0.25) is 0 Å². The number of nitrogens with zero attached hydrogens (tertiary/aromatic N) is 2. The number of esters is 1. The third-order valence-electron chi connectivity index (χ3n) is 4.26. The molecule has 3 rings (SSSR count). The number of halogens is 1. The molecule has 2 aliphatic heterocycles. The normalized spacial score (nSPS) is 19.6. The van der Waals surface area contributed by atoms with Gasteiger partial charge in [0.05, 0.1) is 23.9 Å². The number of thioether (sulfide) groups is 1. The van der Waals surface area contributed by atoms with Gasteiger partial charge < -0.3 is 9.64 Å². The van der Waals surface area contributed by atoms with E-state index in [1.54, 1.807) is 11.8 Å². The molecule has 2 heterocycles. The molecule has 1 atom stereocenters. The zero-order chi connectivity index (χ0) is 16.6. The summed E-state index contributed by atoms with van der Waals surface area (Å²) in [7, 11) is 0. The summed E-state index contributed by atoms with van der Waals surface area (Å²) in [5, 5.41) is 1.01. The van der Waals surface area contributed by atoms with Gasteiger partial charge in [-0.1, -0.05) is 35.5 Å². The molecule has 6 heteroatoms. The third-order valence-corrected chi connectivity index (χ3v) is 5.23. The van der Waals surface area contributed by atoms with E-state index in [1.165, 1.54) is 11.1 Å². The molecular formula is C18H23BrN2O2S. The van der Waals surface area contributed by atoms with Crippen LogP contribution >= 0.6 is 28.7 Å². The van der Waals surface area contributed by atoms with Crippen LogP contribution in [0.1, 0.15) is 36.6 Å². The van der Waals surface area contributed by atoms with Gasteiger partial charge in [0.2, 0.25) is 0 Å². The summed E-state index contributed by atoms with van der Waals surface area (Å²) >= 11 is 1.75. The van der Waals surface area contributed by atoms with Crippen LogP contribution in [0, 0.1) is 13.8 Å². The number of carbonyl (C=O) groups is 1. The van der Waals surface area contributed by atoms with Gasteiger partial charge in [0, 0.05) is 12.3 Å². The molecule has 0 N–H and O–H groups in total. The van der Waals surface area contributed by atoms with Gasteiger partial charge in [-0.2, -0.15) is 0 Å². The zero-order valence-corrected chi connectivity index (χ0v) is 17.0. The van der Waals surface area contributed by atoms with Crippen molar-refractivity contribution >= 4 is 39.9 Å².